The number of carbonyl (C=O) groups is 2. The Labute approximate surface area is 202 Å². The van der Waals surface area contributed by atoms with E-state index in [1.165, 1.54) is 83.5 Å². The number of ether oxygens (including phenoxy) is 2. The van der Waals surface area contributed by atoms with Crippen molar-refractivity contribution in [1.29, 1.82) is 0 Å². The molecule has 4 heteroatoms. The van der Waals surface area contributed by atoms with Crippen molar-refractivity contribution < 1.29 is 19.1 Å². The summed E-state index contributed by atoms with van der Waals surface area (Å²) in [4.78, 5) is 25.0. The van der Waals surface area contributed by atoms with E-state index in [9.17, 15) is 9.59 Å². The number of hydrogen-bond donors (Lipinski definition) is 0. The predicted octanol–water partition coefficient (Wildman–Crippen LogP) is 8.67. The first-order chi connectivity index (χ1) is 16.2. The van der Waals surface area contributed by atoms with Gasteiger partial charge in [-0.15, -0.1) is 0 Å². The fourth-order valence-corrected chi connectivity index (χ4v) is 3.97. The second-order valence-electron chi connectivity index (χ2n) is 9.12. The van der Waals surface area contributed by atoms with Gasteiger partial charge in [0.15, 0.2) is 0 Å². The van der Waals surface area contributed by atoms with E-state index in [4.69, 9.17) is 9.47 Å². The van der Waals surface area contributed by atoms with Gasteiger partial charge in [0.25, 0.3) is 0 Å². The molecule has 0 saturated heterocycles. The first kappa shape index (κ1) is 29.2. The molecule has 0 fully saturated rings. The van der Waals surface area contributed by atoms with Crippen molar-refractivity contribution >= 4 is 11.9 Å². The van der Waals surface area contributed by atoms with E-state index < -0.39 is 11.9 Å². The van der Waals surface area contributed by atoms with Crippen LogP contribution in [0.15, 0.2) is 24.3 Å². The van der Waals surface area contributed by atoms with Gasteiger partial charge in [-0.05, 0) is 25.0 Å². The van der Waals surface area contributed by atoms with Gasteiger partial charge in [-0.3, -0.25) is 0 Å². The first-order valence-electron chi connectivity index (χ1n) is 13.6. The molecule has 4 nitrogen and oxygen atoms in total. The van der Waals surface area contributed by atoms with Crippen molar-refractivity contribution in [3.8, 4) is 0 Å². The molecule has 1 rings (SSSR count). The third-order valence-electron chi connectivity index (χ3n) is 6.08. The minimum Gasteiger partial charge on any atom is -0.462 e. The standard InChI is InChI=1S/C29H48O4/c1-3-5-7-9-11-13-15-17-21-25-33-29(31)27-23-19-18-22-26(27)28(30)32-24-20-16-14-12-10-8-6-4-2/h18-19,22-23H,3-17,20-21,24-25H2,1-2H3. The van der Waals surface area contributed by atoms with Gasteiger partial charge in [0.2, 0.25) is 0 Å². The molecule has 0 N–H and O–H groups in total. The van der Waals surface area contributed by atoms with Gasteiger partial charge < -0.3 is 9.47 Å². The van der Waals surface area contributed by atoms with Crippen LogP contribution in [-0.4, -0.2) is 25.2 Å². The van der Waals surface area contributed by atoms with Crippen LogP contribution in [0.2, 0.25) is 0 Å². The number of esters is 2. The fourth-order valence-electron chi connectivity index (χ4n) is 3.97. The van der Waals surface area contributed by atoms with Crippen LogP contribution < -0.4 is 0 Å². The second kappa shape index (κ2) is 20.7. The molecule has 0 aliphatic heterocycles. The van der Waals surface area contributed by atoms with E-state index in [-0.39, 0.29) is 0 Å². The van der Waals surface area contributed by atoms with E-state index in [0.29, 0.717) is 24.3 Å². The molecule has 0 unspecified atom stereocenters. The summed E-state index contributed by atoms with van der Waals surface area (Å²) in [5.74, 6) is -0.872. The Morgan fingerprint density at radius 2 is 0.818 bits per heavy atom. The highest BCUT2D eigenvalue weighted by Crippen LogP contribution is 2.14. The first-order valence-corrected chi connectivity index (χ1v) is 13.6. The highest BCUT2D eigenvalue weighted by molar-refractivity contribution is 6.03. The zero-order valence-corrected chi connectivity index (χ0v) is 21.4. The van der Waals surface area contributed by atoms with Crippen molar-refractivity contribution in [2.75, 3.05) is 13.2 Å². The van der Waals surface area contributed by atoms with E-state index >= 15 is 0 Å². The van der Waals surface area contributed by atoms with Gasteiger partial charge in [-0.25, -0.2) is 9.59 Å². The third kappa shape index (κ3) is 14.8. The molecule has 0 atom stereocenters. The van der Waals surface area contributed by atoms with E-state index in [1.807, 2.05) is 0 Å². The van der Waals surface area contributed by atoms with Crippen LogP contribution in [0, 0.1) is 0 Å². The molecule has 1 aromatic rings. The van der Waals surface area contributed by atoms with Crippen LogP contribution in [0.1, 0.15) is 144 Å². The lowest BCUT2D eigenvalue weighted by Crippen LogP contribution is -2.15. The zero-order chi connectivity index (χ0) is 24.0. The average molecular weight is 461 g/mol. The van der Waals surface area contributed by atoms with Gasteiger partial charge in [-0.2, -0.15) is 0 Å². The Kier molecular flexibility index (Phi) is 18.4. The molecule has 1 aromatic carbocycles. The lowest BCUT2D eigenvalue weighted by Gasteiger charge is -2.10. The molecule has 188 valence electrons. The molecule has 0 spiro atoms. The Bertz CT molecular complexity index is 626. The van der Waals surface area contributed by atoms with E-state index in [2.05, 4.69) is 13.8 Å². The van der Waals surface area contributed by atoms with Crippen LogP contribution in [0.5, 0.6) is 0 Å². The van der Waals surface area contributed by atoms with Crippen molar-refractivity contribution in [3.63, 3.8) is 0 Å². The Morgan fingerprint density at radius 1 is 0.515 bits per heavy atom. The van der Waals surface area contributed by atoms with Gasteiger partial charge in [0, 0.05) is 0 Å². The molecular formula is C29H48O4. The highest BCUT2D eigenvalue weighted by atomic mass is 16.5. The van der Waals surface area contributed by atoms with Gasteiger partial charge in [0.05, 0.1) is 24.3 Å². The molecule has 0 saturated carbocycles. The van der Waals surface area contributed by atoms with Crippen LogP contribution in [0.25, 0.3) is 0 Å². The smallest absolute Gasteiger partial charge is 0.339 e. The number of hydrogen-bond acceptors (Lipinski definition) is 4. The summed E-state index contributed by atoms with van der Waals surface area (Å²) in [6.45, 7) is 5.26. The maximum absolute atomic E-state index is 12.5. The monoisotopic (exact) mass is 460 g/mol. The normalized spacial score (nSPS) is 10.8. The van der Waals surface area contributed by atoms with Gasteiger partial charge >= 0.3 is 11.9 Å². The fraction of sp³-hybridized carbons (Fsp3) is 0.724. The SMILES string of the molecule is CCCCCCCCCCCOC(=O)c1ccccc1C(=O)OCCCCCCCCCC. The third-order valence-corrected chi connectivity index (χ3v) is 6.08. The summed E-state index contributed by atoms with van der Waals surface area (Å²) < 4.78 is 10.9. The zero-order valence-electron chi connectivity index (χ0n) is 21.4. The number of carbonyl (C=O) groups excluding carboxylic acids is 2. The van der Waals surface area contributed by atoms with E-state index in [0.717, 1.165) is 25.7 Å². The van der Waals surface area contributed by atoms with Crippen molar-refractivity contribution in [3.05, 3.63) is 35.4 Å². The molecule has 0 amide bonds. The van der Waals surface area contributed by atoms with Crippen LogP contribution in [0.4, 0.5) is 0 Å². The Hall–Kier alpha value is -1.84. The number of rotatable bonds is 21. The maximum Gasteiger partial charge on any atom is 0.339 e. The van der Waals surface area contributed by atoms with Crippen molar-refractivity contribution in [2.45, 2.75) is 123 Å². The summed E-state index contributed by atoms with van der Waals surface area (Å²) in [7, 11) is 0. The topological polar surface area (TPSA) is 52.6 Å². The lowest BCUT2D eigenvalue weighted by molar-refractivity contribution is 0.0450. The quantitative estimate of drug-likeness (QED) is 0.136. The minimum absolute atomic E-state index is 0.300. The molecule has 0 bridgehead atoms. The summed E-state index contributed by atoms with van der Waals surface area (Å²) in [6, 6.07) is 6.80. The molecular weight excluding hydrogens is 412 g/mol. The number of unbranched alkanes of at least 4 members (excludes halogenated alkanes) is 15. The second-order valence-corrected chi connectivity index (χ2v) is 9.12. The summed E-state index contributed by atoms with van der Waals surface area (Å²) >= 11 is 0. The maximum atomic E-state index is 12.5. The molecule has 0 aliphatic carbocycles. The largest absolute Gasteiger partial charge is 0.462 e. The molecule has 0 aliphatic rings. The molecule has 0 aromatic heterocycles. The molecule has 33 heavy (non-hydrogen) atoms. The summed E-state index contributed by atoms with van der Waals surface area (Å²) in [5, 5.41) is 0. The van der Waals surface area contributed by atoms with Crippen LogP contribution >= 0.6 is 0 Å². The lowest BCUT2D eigenvalue weighted by atomic mass is 10.1. The predicted molar refractivity (Wildman–Crippen MR) is 137 cm³/mol. The number of benzene rings is 1. The van der Waals surface area contributed by atoms with Gasteiger partial charge in [-0.1, -0.05) is 122 Å². The van der Waals surface area contributed by atoms with Crippen LogP contribution in [-0.2, 0) is 9.47 Å². The van der Waals surface area contributed by atoms with Gasteiger partial charge in [0.1, 0.15) is 0 Å². The average Bonchev–Trinajstić information content (AvgIpc) is 2.84. The summed E-state index contributed by atoms with van der Waals surface area (Å²) in [6.07, 6.45) is 20.5. The van der Waals surface area contributed by atoms with E-state index in [1.54, 1.807) is 24.3 Å². The summed E-state index contributed by atoms with van der Waals surface area (Å²) in [5.41, 5.74) is 0.600. The Balaban J connectivity index is 2.21. The van der Waals surface area contributed by atoms with Crippen LogP contribution in [0.3, 0.4) is 0 Å². The molecule has 0 heterocycles. The highest BCUT2D eigenvalue weighted by Gasteiger charge is 2.18. The Morgan fingerprint density at radius 3 is 1.15 bits per heavy atom. The minimum atomic E-state index is -0.437. The van der Waals surface area contributed by atoms with Crippen molar-refractivity contribution in [1.82, 2.24) is 0 Å². The van der Waals surface area contributed by atoms with Crippen molar-refractivity contribution in [2.24, 2.45) is 0 Å². The molecule has 0 radical (unpaired) electrons.